The number of benzene rings is 7. The summed E-state index contributed by atoms with van der Waals surface area (Å²) in [6, 6.07) is 63.0. The van der Waals surface area contributed by atoms with Crippen LogP contribution in [0.3, 0.4) is 0 Å². The Balaban J connectivity index is 0.929. The minimum atomic E-state index is 0.601. The van der Waals surface area contributed by atoms with Crippen molar-refractivity contribution in [2.45, 2.75) is 0 Å². The van der Waals surface area contributed by atoms with Crippen molar-refractivity contribution < 1.29 is 0 Å². The molecule has 0 bridgehead atoms. The molecule has 0 fully saturated rings. The summed E-state index contributed by atoms with van der Waals surface area (Å²) in [7, 11) is 0. The molecule has 0 saturated heterocycles. The zero-order chi connectivity index (χ0) is 38.6. The first-order valence-electron chi connectivity index (χ1n) is 19.2. The van der Waals surface area contributed by atoms with Gasteiger partial charge in [-0.3, -0.25) is 14.9 Å². The summed E-state index contributed by atoms with van der Waals surface area (Å²) >= 11 is 0. The monoisotopic (exact) mass is 740 g/mol. The van der Waals surface area contributed by atoms with Gasteiger partial charge >= 0.3 is 0 Å². The maximum atomic E-state index is 9.49. The van der Waals surface area contributed by atoms with Crippen molar-refractivity contribution in [1.82, 2.24) is 19.5 Å². The molecule has 6 heteroatoms. The van der Waals surface area contributed by atoms with Gasteiger partial charge in [-0.05, 0) is 107 Å². The molecule has 0 radical (unpaired) electrons. The molecule has 0 spiro atoms. The maximum absolute atomic E-state index is 9.49. The Bertz CT molecular complexity index is 3300. The molecule has 0 amide bonds. The fourth-order valence-corrected chi connectivity index (χ4v) is 8.41. The molecule has 0 atom stereocenters. The summed E-state index contributed by atoms with van der Waals surface area (Å²) in [6.07, 6.45) is 5.68. The highest BCUT2D eigenvalue weighted by Gasteiger charge is 2.20. The highest BCUT2D eigenvalue weighted by Crippen LogP contribution is 2.43. The number of nitrogens with zero attached hydrogens (tertiary/aromatic N) is 6. The zero-order valence-electron chi connectivity index (χ0n) is 31.2. The lowest BCUT2D eigenvalue weighted by molar-refractivity contribution is 1.17. The quantitative estimate of drug-likeness (QED) is 0.152. The first-order chi connectivity index (χ1) is 28.7. The van der Waals surface area contributed by atoms with Gasteiger partial charge in [0.1, 0.15) is 5.82 Å². The minimum absolute atomic E-state index is 0.601. The van der Waals surface area contributed by atoms with Crippen molar-refractivity contribution >= 4 is 60.7 Å². The first-order valence-corrected chi connectivity index (χ1v) is 19.2. The molecule has 6 nitrogen and oxygen atoms in total. The number of para-hydroxylation sites is 2. The molecule has 4 aromatic heterocycles. The van der Waals surface area contributed by atoms with E-state index in [0.717, 1.165) is 67.3 Å². The average molecular weight is 741 g/mol. The number of nitriles is 1. The Labute approximate surface area is 334 Å². The third-order valence-corrected chi connectivity index (χ3v) is 11.1. The van der Waals surface area contributed by atoms with Crippen molar-refractivity contribution in [2.75, 3.05) is 4.90 Å². The van der Waals surface area contributed by atoms with E-state index < -0.39 is 0 Å². The summed E-state index contributed by atoms with van der Waals surface area (Å²) in [6.45, 7) is 0. The molecule has 11 rings (SSSR count). The Hall–Kier alpha value is -8.14. The van der Waals surface area contributed by atoms with Crippen LogP contribution in [0.1, 0.15) is 5.56 Å². The number of anilines is 3. The molecule has 0 aliphatic rings. The van der Waals surface area contributed by atoms with Crippen molar-refractivity contribution in [1.29, 1.82) is 5.26 Å². The Morgan fingerprint density at radius 2 is 1.21 bits per heavy atom. The van der Waals surface area contributed by atoms with Crippen LogP contribution in [0.5, 0.6) is 0 Å². The standard InChI is InChI=1S/C52H32N6/c53-31-34-14-21-41(22-15-34)57(42-23-16-35(17-24-42)44-12-4-8-37-9-6-30-54-52(37)44)49-29-20-39(33-56-49)46-27-19-38(32-55-46)43-26-28-48-51-45(43)25-18-36-7-5-13-47(50(36)51)58(48)40-10-2-1-3-11-40/h1-30,32-33H. The van der Waals surface area contributed by atoms with Crippen LogP contribution in [0.4, 0.5) is 17.2 Å². The van der Waals surface area contributed by atoms with Gasteiger partial charge in [0.05, 0.1) is 33.9 Å². The molecular formula is C52H32N6. The van der Waals surface area contributed by atoms with E-state index in [0.29, 0.717) is 5.56 Å². The second kappa shape index (κ2) is 13.6. The second-order valence-electron chi connectivity index (χ2n) is 14.4. The molecule has 0 aliphatic heterocycles. The van der Waals surface area contributed by atoms with Crippen LogP contribution in [-0.4, -0.2) is 19.5 Å². The van der Waals surface area contributed by atoms with Crippen molar-refractivity contribution in [3.63, 3.8) is 0 Å². The number of hydrogen-bond acceptors (Lipinski definition) is 5. The smallest absolute Gasteiger partial charge is 0.137 e. The van der Waals surface area contributed by atoms with Crippen LogP contribution in [0.25, 0.3) is 82.7 Å². The SMILES string of the molecule is N#Cc1ccc(N(c2ccc(-c3cccc4cccnc34)cc2)c2ccc(-c3ccc(-c4ccc5c6c4ccc4cccc(c46)n5-c4ccccc4)cn3)cn2)cc1. The lowest BCUT2D eigenvalue weighted by Crippen LogP contribution is -2.11. The summed E-state index contributed by atoms with van der Waals surface area (Å²) in [4.78, 5) is 16.7. The second-order valence-corrected chi connectivity index (χ2v) is 14.4. The highest BCUT2D eigenvalue weighted by molar-refractivity contribution is 6.26. The van der Waals surface area contributed by atoms with Gasteiger partial charge in [-0.15, -0.1) is 0 Å². The van der Waals surface area contributed by atoms with E-state index in [1.54, 1.807) is 0 Å². The zero-order valence-corrected chi connectivity index (χ0v) is 31.2. The molecule has 11 aromatic rings. The van der Waals surface area contributed by atoms with Gasteiger partial charge in [0, 0.05) is 68.5 Å². The molecule has 4 heterocycles. The predicted molar refractivity (Wildman–Crippen MR) is 236 cm³/mol. The molecule has 0 aliphatic carbocycles. The average Bonchev–Trinajstić information content (AvgIpc) is 3.65. The fourth-order valence-electron chi connectivity index (χ4n) is 8.41. The van der Waals surface area contributed by atoms with Crippen molar-refractivity contribution in [2.24, 2.45) is 0 Å². The minimum Gasteiger partial charge on any atom is -0.309 e. The van der Waals surface area contributed by atoms with Crippen LogP contribution in [0.15, 0.2) is 195 Å². The van der Waals surface area contributed by atoms with Crippen LogP contribution in [0.2, 0.25) is 0 Å². The van der Waals surface area contributed by atoms with Gasteiger partial charge in [-0.25, -0.2) is 4.98 Å². The first kappa shape index (κ1) is 33.2. The van der Waals surface area contributed by atoms with Gasteiger partial charge < -0.3 is 4.57 Å². The van der Waals surface area contributed by atoms with E-state index in [-0.39, 0.29) is 0 Å². The lowest BCUT2D eigenvalue weighted by atomic mass is 9.95. The molecule has 0 unspecified atom stereocenters. The summed E-state index contributed by atoms with van der Waals surface area (Å²) < 4.78 is 2.37. The normalized spacial score (nSPS) is 11.4. The van der Waals surface area contributed by atoms with Gasteiger partial charge in [-0.1, -0.05) is 91.0 Å². The number of fused-ring (bicyclic) bond motifs is 1. The maximum Gasteiger partial charge on any atom is 0.137 e. The number of pyridine rings is 3. The van der Waals surface area contributed by atoms with E-state index in [2.05, 4.69) is 160 Å². The number of rotatable bonds is 7. The van der Waals surface area contributed by atoms with Gasteiger partial charge in [0.2, 0.25) is 0 Å². The highest BCUT2D eigenvalue weighted by atomic mass is 15.2. The summed E-state index contributed by atoms with van der Waals surface area (Å²) in [5.41, 5.74) is 13.1. The molecule has 7 aromatic carbocycles. The Morgan fingerprint density at radius 1 is 0.483 bits per heavy atom. The van der Waals surface area contributed by atoms with Crippen molar-refractivity contribution in [3.8, 4) is 45.3 Å². The third kappa shape index (κ3) is 5.45. The van der Waals surface area contributed by atoms with E-state index in [4.69, 9.17) is 9.97 Å². The molecule has 0 saturated carbocycles. The fraction of sp³-hybridized carbons (Fsp3) is 0. The summed E-state index contributed by atoms with van der Waals surface area (Å²) in [5.74, 6) is 0.748. The van der Waals surface area contributed by atoms with Crippen LogP contribution in [-0.2, 0) is 0 Å². The predicted octanol–water partition coefficient (Wildman–Crippen LogP) is 13.1. The largest absolute Gasteiger partial charge is 0.309 e. The van der Waals surface area contributed by atoms with E-state index in [9.17, 15) is 5.26 Å². The van der Waals surface area contributed by atoms with Crippen LogP contribution < -0.4 is 4.90 Å². The Kier molecular flexibility index (Phi) is 7.76. The molecule has 270 valence electrons. The van der Waals surface area contributed by atoms with Crippen molar-refractivity contribution in [3.05, 3.63) is 200 Å². The van der Waals surface area contributed by atoms with Crippen LogP contribution in [0, 0.1) is 11.3 Å². The number of aromatic nitrogens is 4. The molecule has 58 heavy (non-hydrogen) atoms. The molecule has 0 N–H and O–H groups in total. The third-order valence-electron chi connectivity index (χ3n) is 11.1. The van der Waals surface area contributed by atoms with Gasteiger partial charge in [0.15, 0.2) is 0 Å². The topological polar surface area (TPSA) is 70.6 Å². The molecular weight excluding hydrogens is 709 g/mol. The lowest BCUT2D eigenvalue weighted by Gasteiger charge is -2.24. The van der Waals surface area contributed by atoms with Crippen LogP contribution >= 0.6 is 0 Å². The van der Waals surface area contributed by atoms with Gasteiger partial charge in [0.25, 0.3) is 0 Å². The Morgan fingerprint density at radius 3 is 1.98 bits per heavy atom. The van der Waals surface area contributed by atoms with E-state index >= 15 is 0 Å². The number of hydrogen-bond donors (Lipinski definition) is 0. The van der Waals surface area contributed by atoms with Gasteiger partial charge in [-0.2, -0.15) is 5.26 Å². The van der Waals surface area contributed by atoms with E-state index in [1.807, 2.05) is 55.0 Å². The summed E-state index contributed by atoms with van der Waals surface area (Å²) in [5, 5.41) is 15.6. The van der Waals surface area contributed by atoms with E-state index in [1.165, 1.54) is 32.6 Å².